The van der Waals surface area contributed by atoms with Gasteiger partial charge >= 0.3 is 0 Å². The van der Waals surface area contributed by atoms with Gasteiger partial charge in [0.1, 0.15) is 12.3 Å². The van der Waals surface area contributed by atoms with E-state index < -0.39 is 11.9 Å². The number of carbonyl (C=O) groups is 1. The van der Waals surface area contributed by atoms with Gasteiger partial charge in [0.15, 0.2) is 0 Å². The first-order chi connectivity index (χ1) is 9.40. The molecule has 0 aromatic carbocycles. The van der Waals surface area contributed by atoms with Crippen LogP contribution >= 0.6 is 0 Å². The van der Waals surface area contributed by atoms with E-state index in [9.17, 15) is 15.0 Å². The van der Waals surface area contributed by atoms with E-state index in [1.165, 1.54) is 12.8 Å². The van der Waals surface area contributed by atoms with Gasteiger partial charge in [-0.1, -0.05) is 26.7 Å². The maximum absolute atomic E-state index is 10.9. The number of carbonyl (C=O) groups excluding carboxylic acids is 1. The number of allylic oxidation sites excluding steroid dienone is 1. The standard InChI is InChI=1S/C16H31NO3/c1-5-8-9-10-11-15(18)13-17(6-2,7-3)12-14(4)16(19)20/h11,14H,5-10,12-13H2,1-4H3,(H-,18,19,20)/b15-11-. The molecule has 0 radical (unpaired) electrons. The minimum atomic E-state index is -1.01. The lowest BCUT2D eigenvalue weighted by Gasteiger charge is -2.38. The summed E-state index contributed by atoms with van der Waals surface area (Å²) in [5.74, 6) is -1.13. The highest BCUT2D eigenvalue weighted by atomic mass is 16.4. The van der Waals surface area contributed by atoms with Crippen LogP contribution in [0.1, 0.15) is 53.4 Å². The zero-order valence-electron chi connectivity index (χ0n) is 13.5. The minimum Gasteiger partial charge on any atom is -0.550 e. The second-order valence-electron chi connectivity index (χ2n) is 5.73. The van der Waals surface area contributed by atoms with Crippen molar-refractivity contribution in [1.82, 2.24) is 0 Å². The van der Waals surface area contributed by atoms with Gasteiger partial charge in [-0.15, -0.1) is 0 Å². The third kappa shape index (κ3) is 6.94. The molecule has 4 nitrogen and oxygen atoms in total. The first-order valence-corrected chi connectivity index (χ1v) is 7.84. The van der Waals surface area contributed by atoms with E-state index in [-0.39, 0.29) is 0 Å². The van der Waals surface area contributed by atoms with Crippen LogP contribution in [-0.4, -0.2) is 41.7 Å². The van der Waals surface area contributed by atoms with Crippen molar-refractivity contribution >= 4 is 5.97 Å². The predicted octanol–water partition coefficient (Wildman–Crippen LogP) is 2.25. The molecule has 0 bridgehead atoms. The Bertz CT molecular complexity index is 309. The van der Waals surface area contributed by atoms with Gasteiger partial charge in [0.05, 0.1) is 19.6 Å². The summed E-state index contributed by atoms with van der Waals surface area (Å²) in [7, 11) is 0. The Labute approximate surface area is 123 Å². The molecule has 0 fully saturated rings. The molecule has 0 spiro atoms. The van der Waals surface area contributed by atoms with Crippen molar-refractivity contribution in [2.45, 2.75) is 53.4 Å². The summed E-state index contributed by atoms with van der Waals surface area (Å²) < 4.78 is 0.589. The molecule has 1 N–H and O–H groups in total. The van der Waals surface area contributed by atoms with E-state index in [0.29, 0.717) is 23.3 Å². The van der Waals surface area contributed by atoms with E-state index in [0.717, 1.165) is 25.9 Å². The molecule has 0 aliphatic rings. The molecule has 1 atom stereocenters. The smallest absolute Gasteiger partial charge is 0.143 e. The van der Waals surface area contributed by atoms with Crippen LogP contribution in [-0.2, 0) is 4.79 Å². The SMILES string of the molecule is CCCCC/C=C(\O)C[N+](CC)(CC)CC(C)C(=O)[O-]. The van der Waals surface area contributed by atoms with Gasteiger partial charge in [-0.3, -0.25) is 0 Å². The van der Waals surface area contributed by atoms with E-state index in [4.69, 9.17) is 0 Å². The number of likely N-dealkylation sites (N-methyl/N-ethyl adjacent to an activating group) is 1. The summed E-state index contributed by atoms with van der Waals surface area (Å²) in [6.45, 7) is 10.5. The van der Waals surface area contributed by atoms with Crippen molar-refractivity contribution in [1.29, 1.82) is 0 Å². The molecular weight excluding hydrogens is 254 g/mol. The zero-order chi connectivity index (χ0) is 15.6. The Kier molecular flexibility index (Phi) is 9.30. The van der Waals surface area contributed by atoms with Gasteiger partial charge in [0.25, 0.3) is 0 Å². The van der Waals surface area contributed by atoms with Crippen LogP contribution in [0.25, 0.3) is 0 Å². The van der Waals surface area contributed by atoms with Crippen molar-refractivity contribution in [3.05, 3.63) is 11.8 Å². The molecule has 118 valence electrons. The lowest BCUT2D eigenvalue weighted by atomic mass is 10.1. The average molecular weight is 285 g/mol. The molecule has 0 rings (SSSR count). The highest BCUT2D eigenvalue weighted by Crippen LogP contribution is 2.15. The second kappa shape index (κ2) is 9.81. The van der Waals surface area contributed by atoms with Crippen molar-refractivity contribution in [3.63, 3.8) is 0 Å². The molecular formula is C16H31NO3. The molecule has 0 heterocycles. The molecule has 0 aromatic rings. The number of quaternary nitrogens is 1. The molecule has 0 aromatic heterocycles. The Hall–Kier alpha value is -1.03. The van der Waals surface area contributed by atoms with Gasteiger partial charge in [-0.2, -0.15) is 0 Å². The van der Waals surface area contributed by atoms with Crippen LogP contribution in [0.5, 0.6) is 0 Å². The Morgan fingerprint density at radius 1 is 1.25 bits per heavy atom. The quantitative estimate of drug-likeness (QED) is 0.360. The van der Waals surface area contributed by atoms with Crippen LogP contribution in [0.15, 0.2) is 11.8 Å². The number of hydrogen-bond donors (Lipinski definition) is 1. The lowest BCUT2D eigenvalue weighted by Crippen LogP contribution is -2.53. The zero-order valence-corrected chi connectivity index (χ0v) is 13.5. The van der Waals surface area contributed by atoms with Crippen LogP contribution in [0.4, 0.5) is 0 Å². The van der Waals surface area contributed by atoms with Gasteiger partial charge < -0.3 is 19.5 Å². The molecule has 20 heavy (non-hydrogen) atoms. The van der Waals surface area contributed by atoms with Crippen LogP contribution in [0, 0.1) is 5.92 Å². The largest absolute Gasteiger partial charge is 0.550 e. The summed E-state index contributed by atoms with van der Waals surface area (Å²) in [6, 6.07) is 0. The predicted molar refractivity (Wildman–Crippen MR) is 80.1 cm³/mol. The Morgan fingerprint density at radius 2 is 1.85 bits per heavy atom. The fourth-order valence-corrected chi connectivity index (χ4v) is 2.50. The first kappa shape index (κ1) is 19.0. The number of hydrogen-bond acceptors (Lipinski definition) is 3. The first-order valence-electron chi connectivity index (χ1n) is 7.84. The Morgan fingerprint density at radius 3 is 2.30 bits per heavy atom. The third-order valence-corrected chi connectivity index (χ3v) is 4.09. The summed E-state index contributed by atoms with van der Waals surface area (Å²) >= 11 is 0. The van der Waals surface area contributed by atoms with Gasteiger partial charge in [0.2, 0.25) is 0 Å². The van der Waals surface area contributed by atoms with E-state index >= 15 is 0 Å². The van der Waals surface area contributed by atoms with Crippen molar-refractivity contribution in [2.24, 2.45) is 5.92 Å². The number of unbranched alkanes of at least 4 members (excludes halogenated alkanes) is 3. The maximum Gasteiger partial charge on any atom is 0.143 e. The van der Waals surface area contributed by atoms with Crippen molar-refractivity contribution in [3.8, 4) is 0 Å². The number of rotatable bonds is 11. The van der Waals surface area contributed by atoms with E-state index in [1.54, 1.807) is 6.92 Å². The highest BCUT2D eigenvalue weighted by molar-refractivity contribution is 5.67. The molecule has 0 aliphatic carbocycles. The molecule has 4 heteroatoms. The Balaban J connectivity index is 4.61. The summed E-state index contributed by atoms with van der Waals surface area (Å²) in [4.78, 5) is 10.9. The maximum atomic E-state index is 10.9. The monoisotopic (exact) mass is 285 g/mol. The third-order valence-electron chi connectivity index (χ3n) is 4.09. The van der Waals surface area contributed by atoms with Gasteiger partial charge in [0, 0.05) is 11.9 Å². The molecule has 0 saturated heterocycles. The second-order valence-corrected chi connectivity index (χ2v) is 5.73. The number of aliphatic hydroxyl groups is 1. The number of nitrogens with zero attached hydrogens (tertiary/aromatic N) is 1. The van der Waals surface area contributed by atoms with Crippen LogP contribution < -0.4 is 5.11 Å². The highest BCUT2D eigenvalue weighted by Gasteiger charge is 2.27. The summed E-state index contributed by atoms with van der Waals surface area (Å²) in [5, 5.41) is 21.0. The molecule has 1 unspecified atom stereocenters. The summed E-state index contributed by atoms with van der Waals surface area (Å²) in [6.07, 6.45) is 6.21. The molecule has 0 amide bonds. The molecule has 0 aliphatic heterocycles. The number of aliphatic hydroxyl groups excluding tert-OH is 1. The van der Waals surface area contributed by atoms with E-state index in [2.05, 4.69) is 6.92 Å². The minimum absolute atomic E-state index is 0.385. The normalized spacial score (nSPS) is 14.3. The number of carboxylic acid groups (broad SMARTS) is 1. The van der Waals surface area contributed by atoms with Crippen molar-refractivity contribution in [2.75, 3.05) is 26.2 Å². The van der Waals surface area contributed by atoms with Gasteiger partial charge in [-0.25, -0.2) is 0 Å². The summed E-state index contributed by atoms with van der Waals surface area (Å²) in [5.41, 5.74) is 0. The fraction of sp³-hybridized carbons (Fsp3) is 0.812. The van der Waals surface area contributed by atoms with Crippen molar-refractivity contribution < 1.29 is 19.5 Å². The fourth-order valence-electron chi connectivity index (χ4n) is 2.50. The topological polar surface area (TPSA) is 60.4 Å². The van der Waals surface area contributed by atoms with E-state index in [1.807, 2.05) is 19.9 Å². The number of carboxylic acids is 1. The lowest BCUT2D eigenvalue weighted by molar-refractivity contribution is -0.923. The van der Waals surface area contributed by atoms with Crippen LogP contribution in [0.2, 0.25) is 0 Å². The van der Waals surface area contributed by atoms with Gasteiger partial charge in [-0.05, 0) is 32.8 Å². The molecule has 0 saturated carbocycles. The number of aliphatic carboxylic acids is 1. The average Bonchev–Trinajstić information content (AvgIpc) is 2.42. The van der Waals surface area contributed by atoms with Crippen LogP contribution in [0.3, 0.4) is 0 Å².